The van der Waals surface area contributed by atoms with Crippen LogP contribution in [0.15, 0.2) is 30.9 Å². The third kappa shape index (κ3) is 3.12. The molecule has 0 bridgehead atoms. The van der Waals surface area contributed by atoms with Gasteiger partial charge in [-0.05, 0) is 43.2 Å². The van der Waals surface area contributed by atoms with E-state index in [0.717, 1.165) is 40.2 Å². The van der Waals surface area contributed by atoms with Gasteiger partial charge in [0.1, 0.15) is 0 Å². The standard InChI is InChI=1S/C19H23N3O2/c1-5-19(23)22(15-9-13(2)8-14(3)10-15)11-18-16-12-24-7-6-17(16)20-21(18)4/h5,8-10H,1,6-7,11-12H2,2-4H3. The molecule has 1 aliphatic rings. The molecule has 5 heteroatoms. The largest absolute Gasteiger partial charge is 0.376 e. The van der Waals surface area contributed by atoms with Gasteiger partial charge in [0, 0.05) is 24.7 Å². The highest BCUT2D eigenvalue weighted by atomic mass is 16.5. The summed E-state index contributed by atoms with van der Waals surface area (Å²) >= 11 is 0. The lowest BCUT2D eigenvalue weighted by molar-refractivity contribution is -0.114. The van der Waals surface area contributed by atoms with Gasteiger partial charge < -0.3 is 9.64 Å². The number of benzene rings is 1. The van der Waals surface area contributed by atoms with Gasteiger partial charge in [-0.25, -0.2) is 0 Å². The molecule has 2 aromatic rings. The maximum absolute atomic E-state index is 12.5. The second-order valence-electron chi connectivity index (χ2n) is 6.27. The Balaban J connectivity index is 2.01. The summed E-state index contributed by atoms with van der Waals surface area (Å²) < 4.78 is 7.45. The Bertz CT molecular complexity index is 772. The molecule has 0 saturated carbocycles. The monoisotopic (exact) mass is 325 g/mol. The third-order valence-corrected chi connectivity index (χ3v) is 4.35. The number of carbonyl (C=O) groups excluding carboxylic acids is 1. The number of amides is 1. The van der Waals surface area contributed by atoms with Crippen LogP contribution in [0.3, 0.4) is 0 Å². The van der Waals surface area contributed by atoms with Crippen molar-refractivity contribution in [1.29, 1.82) is 0 Å². The number of rotatable bonds is 4. The number of hydrogen-bond donors (Lipinski definition) is 0. The SMILES string of the molecule is C=CC(=O)N(Cc1c2c(nn1C)CCOC2)c1cc(C)cc(C)c1. The van der Waals surface area contributed by atoms with Crippen molar-refractivity contribution in [3.8, 4) is 0 Å². The van der Waals surface area contributed by atoms with Crippen LogP contribution >= 0.6 is 0 Å². The molecule has 0 saturated heterocycles. The van der Waals surface area contributed by atoms with Crippen molar-refractivity contribution >= 4 is 11.6 Å². The molecule has 0 radical (unpaired) electrons. The lowest BCUT2D eigenvalue weighted by Crippen LogP contribution is -2.30. The van der Waals surface area contributed by atoms with E-state index in [9.17, 15) is 4.79 Å². The summed E-state index contributed by atoms with van der Waals surface area (Å²) in [5.74, 6) is -0.119. The highest BCUT2D eigenvalue weighted by Crippen LogP contribution is 2.25. The van der Waals surface area contributed by atoms with Crippen molar-refractivity contribution in [2.45, 2.75) is 33.4 Å². The Kier molecular flexibility index (Phi) is 4.53. The van der Waals surface area contributed by atoms with Crippen LogP contribution in [0.2, 0.25) is 0 Å². The van der Waals surface area contributed by atoms with Crippen LogP contribution in [-0.4, -0.2) is 22.3 Å². The molecular weight excluding hydrogens is 302 g/mol. The molecule has 0 spiro atoms. The Morgan fingerprint density at radius 3 is 2.75 bits per heavy atom. The average Bonchev–Trinajstić information content (AvgIpc) is 2.86. The quantitative estimate of drug-likeness (QED) is 0.812. The minimum absolute atomic E-state index is 0.119. The molecule has 2 heterocycles. The summed E-state index contributed by atoms with van der Waals surface area (Å²) in [6.07, 6.45) is 2.18. The van der Waals surface area contributed by atoms with E-state index in [2.05, 4.69) is 17.7 Å². The Hall–Kier alpha value is -2.40. The van der Waals surface area contributed by atoms with Crippen molar-refractivity contribution in [3.05, 3.63) is 58.9 Å². The van der Waals surface area contributed by atoms with Gasteiger partial charge in [0.15, 0.2) is 0 Å². The topological polar surface area (TPSA) is 47.4 Å². The predicted molar refractivity (Wildman–Crippen MR) is 93.9 cm³/mol. The fraction of sp³-hybridized carbons (Fsp3) is 0.368. The second kappa shape index (κ2) is 6.61. The van der Waals surface area contributed by atoms with E-state index in [0.29, 0.717) is 19.8 Å². The van der Waals surface area contributed by atoms with Crippen LogP contribution in [0, 0.1) is 13.8 Å². The Labute approximate surface area is 142 Å². The molecule has 0 aliphatic carbocycles. The van der Waals surface area contributed by atoms with Crippen LogP contribution in [0.5, 0.6) is 0 Å². The van der Waals surface area contributed by atoms with Crippen molar-refractivity contribution in [2.75, 3.05) is 11.5 Å². The molecule has 1 aromatic heterocycles. The molecule has 1 aliphatic heterocycles. The first-order valence-electron chi connectivity index (χ1n) is 8.13. The van der Waals surface area contributed by atoms with Crippen LogP contribution in [0.25, 0.3) is 0 Å². The fourth-order valence-corrected chi connectivity index (χ4v) is 3.23. The van der Waals surface area contributed by atoms with Gasteiger partial charge in [0.25, 0.3) is 5.91 Å². The second-order valence-corrected chi connectivity index (χ2v) is 6.27. The molecule has 3 rings (SSSR count). The normalized spacial score (nSPS) is 13.5. The summed E-state index contributed by atoms with van der Waals surface area (Å²) in [6.45, 7) is 9.44. The molecular formula is C19H23N3O2. The lowest BCUT2D eigenvalue weighted by atomic mass is 10.1. The molecule has 1 aromatic carbocycles. The van der Waals surface area contributed by atoms with Gasteiger partial charge in [-0.1, -0.05) is 12.6 Å². The summed E-state index contributed by atoms with van der Waals surface area (Å²) in [4.78, 5) is 14.2. The van der Waals surface area contributed by atoms with Gasteiger partial charge in [-0.15, -0.1) is 0 Å². The number of ether oxygens (including phenoxy) is 1. The first-order valence-corrected chi connectivity index (χ1v) is 8.13. The van der Waals surface area contributed by atoms with Crippen molar-refractivity contribution in [2.24, 2.45) is 7.05 Å². The number of aryl methyl sites for hydroxylation is 3. The van der Waals surface area contributed by atoms with Gasteiger partial charge >= 0.3 is 0 Å². The van der Waals surface area contributed by atoms with E-state index >= 15 is 0 Å². The molecule has 0 atom stereocenters. The number of aromatic nitrogens is 2. The highest BCUT2D eigenvalue weighted by molar-refractivity contribution is 6.01. The zero-order valence-electron chi connectivity index (χ0n) is 14.5. The number of nitrogens with zero attached hydrogens (tertiary/aromatic N) is 3. The van der Waals surface area contributed by atoms with E-state index in [1.54, 1.807) is 4.90 Å². The van der Waals surface area contributed by atoms with E-state index in [4.69, 9.17) is 4.74 Å². The summed E-state index contributed by atoms with van der Waals surface area (Å²) in [7, 11) is 1.92. The average molecular weight is 325 g/mol. The molecule has 1 amide bonds. The first kappa shape index (κ1) is 16.5. The van der Waals surface area contributed by atoms with Crippen molar-refractivity contribution < 1.29 is 9.53 Å². The van der Waals surface area contributed by atoms with Crippen LogP contribution in [-0.2, 0) is 36.2 Å². The van der Waals surface area contributed by atoms with Gasteiger partial charge in [0.05, 0.1) is 31.1 Å². The lowest BCUT2D eigenvalue weighted by Gasteiger charge is -2.23. The Morgan fingerprint density at radius 2 is 2.08 bits per heavy atom. The maximum atomic E-state index is 12.5. The van der Waals surface area contributed by atoms with Crippen molar-refractivity contribution in [3.63, 3.8) is 0 Å². The molecule has 0 fully saturated rings. The zero-order valence-corrected chi connectivity index (χ0v) is 14.5. The zero-order chi connectivity index (χ0) is 17.3. The van der Waals surface area contributed by atoms with E-state index in [1.807, 2.05) is 37.7 Å². The first-order chi connectivity index (χ1) is 11.5. The smallest absolute Gasteiger partial charge is 0.250 e. The van der Waals surface area contributed by atoms with E-state index in [-0.39, 0.29) is 5.91 Å². The molecule has 0 N–H and O–H groups in total. The van der Waals surface area contributed by atoms with Gasteiger partial charge in [0.2, 0.25) is 0 Å². The number of anilines is 1. The molecule has 126 valence electrons. The van der Waals surface area contributed by atoms with Crippen LogP contribution in [0.1, 0.15) is 28.1 Å². The van der Waals surface area contributed by atoms with Crippen molar-refractivity contribution in [1.82, 2.24) is 9.78 Å². The van der Waals surface area contributed by atoms with Crippen LogP contribution < -0.4 is 4.90 Å². The minimum Gasteiger partial charge on any atom is -0.376 e. The summed E-state index contributed by atoms with van der Waals surface area (Å²) in [5, 5.41) is 4.59. The molecule has 0 unspecified atom stereocenters. The number of hydrogen-bond acceptors (Lipinski definition) is 3. The third-order valence-electron chi connectivity index (χ3n) is 4.35. The van der Waals surface area contributed by atoms with Crippen LogP contribution in [0.4, 0.5) is 5.69 Å². The maximum Gasteiger partial charge on any atom is 0.250 e. The van der Waals surface area contributed by atoms with Gasteiger partial charge in [-0.2, -0.15) is 5.10 Å². The predicted octanol–water partition coefficient (Wildman–Crippen LogP) is 2.83. The number of carbonyl (C=O) groups is 1. The highest BCUT2D eigenvalue weighted by Gasteiger charge is 2.23. The van der Waals surface area contributed by atoms with E-state index < -0.39 is 0 Å². The summed E-state index contributed by atoms with van der Waals surface area (Å²) in [5.41, 5.74) is 6.33. The summed E-state index contributed by atoms with van der Waals surface area (Å²) in [6, 6.07) is 6.14. The number of fused-ring (bicyclic) bond motifs is 1. The van der Waals surface area contributed by atoms with Gasteiger partial charge in [-0.3, -0.25) is 9.48 Å². The molecule has 5 nitrogen and oxygen atoms in total. The minimum atomic E-state index is -0.119. The molecule has 24 heavy (non-hydrogen) atoms. The van der Waals surface area contributed by atoms with E-state index in [1.165, 1.54) is 6.08 Å². The Morgan fingerprint density at radius 1 is 1.38 bits per heavy atom. The fourth-order valence-electron chi connectivity index (χ4n) is 3.23.